The quantitative estimate of drug-likeness (QED) is 0.662. The van der Waals surface area contributed by atoms with Gasteiger partial charge in [-0.25, -0.2) is 4.98 Å². The van der Waals surface area contributed by atoms with E-state index < -0.39 is 0 Å². The molecule has 0 aliphatic heterocycles. The minimum Gasteiger partial charge on any atom is -0.507 e. The van der Waals surface area contributed by atoms with E-state index in [2.05, 4.69) is 16.0 Å². The van der Waals surface area contributed by atoms with Crippen molar-refractivity contribution < 1.29 is 9.84 Å². The molecule has 0 saturated heterocycles. The third kappa shape index (κ3) is 3.63. The molecule has 1 heterocycles. The summed E-state index contributed by atoms with van der Waals surface area (Å²) in [6.45, 7) is 2.38. The summed E-state index contributed by atoms with van der Waals surface area (Å²) < 4.78 is 5.74. The number of phenols is 1. The lowest BCUT2D eigenvalue weighted by Gasteiger charge is -2.15. The molecule has 0 bridgehead atoms. The van der Waals surface area contributed by atoms with Crippen molar-refractivity contribution in [3.63, 3.8) is 0 Å². The van der Waals surface area contributed by atoms with Gasteiger partial charge in [-0.3, -0.25) is 0 Å². The Labute approximate surface area is 146 Å². The summed E-state index contributed by atoms with van der Waals surface area (Å²) in [5.74, 6) is 1.20. The summed E-state index contributed by atoms with van der Waals surface area (Å²) in [5, 5.41) is 10.6. The van der Waals surface area contributed by atoms with Crippen LogP contribution in [0.5, 0.6) is 11.5 Å². The van der Waals surface area contributed by atoms with E-state index in [-0.39, 0.29) is 11.7 Å². The van der Waals surface area contributed by atoms with Crippen molar-refractivity contribution in [2.45, 2.75) is 13.3 Å². The number of nitrogen functional groups attached to an aromatic ring is 2. The number of ether oxygens (including phenoxy) is 1. The highest BCUT2D eigenvalue weighted by Crippen LogP contribution is 2.39. The van der Waals surface area contributed by atoms with Crippen LogP contribution in [0.4, 0.5) is 11.8 Å². The molecule has 0 spiro atoms. The predicted molar refractivity (Wildman–Crippen MR) is 97.2 cm³/mol. The number of aromatic nitrogens is 2. The number of nitrogens with two attached hydrogens (primary N) is 2. The topological polar surface area (TPSA) is 107 Å². The molecule has 3 rings (SSSR count). The Bertz CT molecular complexity index is 882. The average Bonchev–Trinajstić information content (AvgIpc) is 2.58. The van der Waals surface area contributed by atoms with E-state index >= 15 is 0 Å². The molecule has 6 heteroatoms. The Morgan fingerprint density at radius 1 is 1.28 bits per heavy atom. The van der Waals surface area contributed by atoms with Gasteiger partial charge in [0, 0.05) is 18.2 Å². The molecule has 6 nitrogen and oxygen atoms in total. The van der Waals surface area contributed by atoms with E-state index in [4.69, 9.17) is 16.2 Å². The Morgan fingerprint density at radius 2 is 2.12 bits per heavy atom. The van der Waals surface area contributed by atoms with Crippen molar-refractivity contribution in [3.05, 3.63) is 59.8 Å². The molecule has 0 saturated carbocycles. The molecule has 1 aromatic heterocycles. The summed E-state index contributed by atoms with van der Waals surface area (Å²) in [4.78, 5) is 7.93. The molecular weight excluding hydrogens is 316 g/mol. The summed E-state index contributed by atoms with van der Waals surface area (Å²) in [6.07, 6.45) is 2.05. The first-order valence-electron chi connectivity index (χ1n) is 7.90. The molecule has 5 N–H and O–H groups in total. The van der Waals surface area contributed by atoms with Gasteiger partial charge in [-0.2, -0.15) is 4.98 Å². The van der Waals surface area contributed by atoms with Crippen LogP contribution in [0.15, 0.2) is 42.6 Å². The SMILES string of the molecule is CCOc1cc(Cc2cnc(N)nc2N)cc(O)c1-c1c[c]ccc1. The van der Waals surface area contributed by atoms with Gasteiger partial charge in [-0.15, -0.1) is 0 Å². The number of hydrogen-bond acceptors (Lipinski definition) is 6. The number of anilines is 2. The molecule has 0 amide bonds. The van der Waals surface area contributed by atoms with Gasteiger partial charge in [0.2, 0.25) is 5.95 Å². The van der Waals surface area contributed by atoms with Crippen LogP contribution < -0.4 is 16.2 Å². The molecule has 25 heavy (non-hydrogen) atoms. The second-order valence-electron chi connectivity index (χ2n) is 5.53. The van der Waals surface area contributed by atoms with Gasteiger partial charge >= 0.3 is 0 Å². The third-order valence-electron chi connectivity index (χ3n) is 3.75. The number of phenolic OH excluding ortho intramolecular Hbond substituents is 1. The van der Waals surface area contributed by atoms with Crippen molar-refractivity contribution in [2.75, 3.05) is 18.1 Å². The lowest BCUT2D eigenvalue weighted by Crippen LogP contribution is -2.04. The predicted octanol–water partition coefficient (Wildman–Crippen LogP) is 2.80. The van der Waals surface area contributed by atoms with E-state index in [1.54, 1.807) is 18.3 Å². The fourth-order valence-corrected chi connectivity index (χ4v) is 2.66. The van der Waals surface area contributed by atoms with Gasteiger partial charge in [0.1, 0.15) is 17.3 Å². The van der Waals surface area contributed by atoms with Crippen LogP contribution in [0.3, 0.4) is 0 Å². The second kappa shape index (κ2) is 7.09. The van der Waals surface area contributed by atoms with Crippen LogP contribution in [0, 0.1) is 6.07 Å². The van der Waals surface area contributed by atoms with Crippen molar-refractivity contribution >= 4 is 11.8 Å². The number of aromatic hydroxyl groups is 1. The molecule has 0 unspecified atom stereocenters. The Balaban J connectivity index is 2.02. The Morgan fingerprint density at radius 3 is 2.80 bits per heavy atom. The monoisotopic (exact) mass is 335 g/mol. The Kier molecular flexibility index (Phi) is 4.70. The molecule has 2 aromatic carbocycles. The van der Waals surface area contributed by atoms with Gasteiger partial charge in [0.05, 0.1) is 12.2 Å². The number of benzene rings is 2. The zero-order chi connectivity index (χ0) is 17.8. The highest BCUT2D eigenvalue weighted by molar-refractivity contribution is 5.77. The highest BCUT2D eigenvalue weighted by Gasteiger charge is 2.15. The first kappa shape index (κ1) is 16.6. The molecule has 127 valence electrons. The smallest absolute Gasteiger partial charge is 0.221 e. The fraction of sp³-hybridized carbons (Fsp3) is 0.158. The van der Waals surface area contributed by atoms with E-state index in [0.717, 1.165) is 16.7 Å². The highest BCUT2D eigenvalue weighted by atomic mass is 16.5. The maximum Gasteiger partial charge on any atom is 0.221 e. The number of rotatable bonds is 5. The van der Waals surface area contributed by atoms with E-state index in [9.17, 15) is 5.11 Å². The lowest BCUT2D eigenvalue weighted by atomic mass is 9.98. The van der Waals surface area contributed by atoms with Crippen LogP contribution in [-0.2, 0) is 6.42 Å². The van der Waals surface area contributed by atoms with E-state index in [0.29, 0.717) is 30.2 Å². The van der Waals surface area contributed by atoms with Crippen LogP contribution in [0.2, 0.25) is 0 Å². The van der Waals surface area contributed by atoms with Gasteiger partial charge in [-0.05, 0) is 42.3 Å². The first-order valence-corrected chi connectivity index (χ1v) is 7.90. The summed E-state index contributed by atoms with van der Waals surface area (Å²) in [6, 6.07) is 14.0. The van der Waals surface area contributed by atoms with Crippen molar-refractivity contribution in [1.82, 2.24) is 9.97 Å². The second-order valence-corrected chi connectivity index (χ2v) is 5.53. The zero-order valence-corrected chi connectivity index (χ0v) is 13.9. The van der Waals surface area contributed by atoms with E-state index in [1.807, 2.05) is 31.2 Å². The average molecular weight is 335 g/mol. The number of nitrogens with zero attached hydrogens (tertiary/aromatic N) is 2. The van der Waals surface area contributed by atoms with Gasteiger partial charge in [-0.1, -0.05) is 18.2 Å². The maximum atomic E-state index is 10.6. The molecular formula is C19H19N4O2. The fourth-order valence-electron chi connectivity index (χ4n) is 2.66. The Hall–Kier alpha value is -3.28. The van der Waals surface area contributed by atoms with Crippen LogP contribution in [0.1, 0.15) is 18.1 Å². The van der Waals surface area contributed by atoms with Gasteiger partial charge in [0.25, 0.3) is 0 Å². The molecule has 0 atom stereocenters. The largest absolute Gasteiger partial charge is 0.507 e. The lowest BCUT2D eigenvalue weighted by molar-refractivity contribution is 0.339. The van der Waals surface area contributed by atoms with Gasteiger partial charge in [0.15, 0.2) is 0 Å². The zero-order valence-electron chi connectivity index (χ0n) is 13.9. The van der Waals surface area contributed by atoms with Crippen molar-refractivity contribution in [2.24, 2.45) is 0 Å². The maximum absolute atomic E-state index is 10.6. The summed E-state index contributed by atoms with van der Waals surface area (Å²) in [7, 11) is 0. The van der Waals surface area contributed by atoms with Crippen molar-refractivity contribution in [3.8, 4) is 22.6 Å². The molecule has 3 aromatic rings. The normalized spacial score (nSPS) is 10.6. The summed E-state index contributed by atoms with van der Waals surface area (Å²) in [5.41, 5.74) is 14.5. The third-order valence-corrected chi connectivity index (χ3v) is 3.75. The molecule has 1 radical (unpaired) electrons. The summed E-state index contributed by atoms with van der Waals surface area (Å²) >= 11 is 0. The minimum atomic E-state index is 0.134. The van der Waals surface area contributed by atoms with Gasteiger partial charge < -0.3 is 21.3 Å². The first-order chi connectivity index (χ1) is 12.1. The molecule has 0 aliphatic carbocycles. The minimum absolute atomic E-state index is 0.134. The molecule has 0 fully saturated rings. The van der Waals surface area contributed by atoms with E-state index in [1.165, 1.54) is 0 Å². The van der Waals surface area contributed by atoms with Crippen LogP contribution in [-0.4, -0.2) is 21.7 Å². The molecule has 0 aliphatic rings. The van der Waals surface area contributed by atoms with Crippen molar-refractivity contribution in [1.29, 1.82) is 0 Å². The standard InChI is InChI=1S/C19H19N4O2/c1-2-25-16-10-12(8-14-11-22-19(21)23-18(14)20)9-15(24)17(16)13-6-4-3-5-7-13/h3-4,6-7,9-11,24H,2,8H2,1H3,(H4,20,21,22,23). The van der Waals surface area contributed by atoms with Crippen LogP contribution in [0.25, 0.3) is 11.1 Å². The number of hydrogen-bond donors (Lipinski definition) is 3. The van der Waals surface area contributed by atoms with Crippen LogP contribution >= 0.6 is 0 Å².